The maximum Gasteiger partial charge on any atom is 0.282 e. The predicted octanol–water partition coefficient (Wildman–Crippen LogP) is 7.35. The molecule has 4 aromatic rings. The first kappa shape index (κ1) is 26.8. The zero-order valence-corrected chi connectivity index (χ0v) is 22.9. The van der Waals surface area contributed by atoms with Gasteiger partial charge in [-0.2, -0.15) is 9.78 Å². The predicted molar refractivity (Wildman–Crippen MR) is 149 cm³/mol. The van der Waals surface area contributed by atoms with Crippen LogP contribution in [0.15, 0.2) is 69.0 Å². The number of halogens is 3. The first-order valence-electron chi connectivity index (χ1n) is 11.3. The number of hydrogen-bond acceptors (Lipinski definition) is 6. The topological polar surface area (TPSA) is 99.6 Å². The molecule has 1 aromatic heterocycles. The number of nitro benzene ring substituents is 1. The third-order valence-electron chi connectivity index (χ3n) is 5.80. The number of nitrogens with zero attached hydrogens (tertiary/aromatic N) is 4. The van der Waals surface area contributed by atoms with Crippen molar-refractivity contribution in [3.8, 4) is 5.75 Å². The Bertz CT molecular complexity index is 1590. The molecule has 0 spiro atoms. The summed E-state index contributed by atoms with van der Waals surface area (Å²) < 4.78 is 7.91. The number of hydrogen-bond donors (Lipinski definition) is 0. The van der Waals surface area contributed by atoms with Gasteiger partial charge in [0.15, 0.2) is 0 Å². The van der Waals surface area contributed by atoms with Crippen molar-refractivity contribution in [2.45, 2.75) is 32.8 Å². The summed E-state index contributed by atoms with van der Waals surface area (Å²) in [5.74, 6) is 0.750. The van der Waals surface area contributed by atoms with Crippen LogP contribution in [0.3, 0.4) is 0 Å². The second kappa shape index (κ2) is 11.4. The Morgan fingerprint density at radius 1 is 1.19 bits per heavy atom. The average molecular weight is 604 g/mol. The molecule has 0 radical (unpaired) electrons. The van der Waals surface area contributed by atoms with Crippen molar-refractivity contribution < 1.29 is 9.66 Å². The number of nitro groups is 1. The van der Waals surface area contributed by atoms with Crippen molar-refractivity contribution in [1.29, 1.82) is 0 Å². The van der Waals surface area contributed by atoms with Gasteiger partial charge >= 0.3 is 0 Å². The van der Waals surface area contributed by atoms with E-state index in [2.05, 4.69) is 26.0 Å². The first-order chi connectivity index (χ1) is 17.7. The zero-order valence-electron chi connectivity index (χ0n) is 19.8. The van der Waals surface area contributed by atoms with Crippen LogP contribution in [0.1, 0.15) is 43.1 Å². The summed E-state index contributed by atoms with van der Waals surface area (Å²) in [5, 5.41) is 17.2. The van der Waals surface area contributed by atoms with E-state index in [9.17, 15) is 14.9 Å². The average Bonchev–Trinajstić information content (AvgIpc) is 2.87. The maximum absolute atomic E-state index is 13.4. The van der Waals surface area contributed by atoms with Gasteiger partial charge in [0, 0.05) is 43.7 Å². The van der Waals surface area contributed by atoms with Crippen molar-refractivity contribution >= 4 is 61.9 Å². The van der Waals surface area contributed by atoms with E-state index in [0.29, 0.717) is 43.6 Å². The molecule has 0 amide bonds. The normalized spacial score (nSPS) is 12.2. The minimum absolute atomic E-state index is 0.0641. The molecular formula is C26H21BrCl2N4O4. The highest BCUT2D eigenvalue weighted by molar-refractivity contribution is 9.10. The molecule has 11 heteroatoms. The summed E-state index contributed by atoms with van der Waals surface area (Å²) >= 11 is 15.6. The fourth-order valence-electron chi connectivity index (χ4n) is 3.58. The van der Waals surface area contributed by atoms with E-state index in [1.165, 1.54) is 29.1 Å². The molecule has 8 nitrogen and oxygen atoms in total. The largest absolute Gasteiger partial charge is 0.488 e. The number of fused-ring (bicyclic) bond motifs is 1. The smallest absolute Gasteiger partial charge is 0.282 e. The van der Waals surface area contributed by atoms with Gasteiger partial charge in [0.25, 0.3) is 11.2 Å². The van der Waals surface area contributed by atoms with Crippen LogP contribution in [0.2, 0.25) is 10.0 Å². The van der Waals surface area contributed by atoms with E-state index in [4.69, 9.17) is 27.9 Å². The number of aromatic nitrogens is 2. The molecule has 1 heterocycles. The number of ether oxygens (including phenoxy) is 1. The molecule has 0 bridgehead atoms. The molecule has 4 rings (SSSR count). The minimum Gasteiger partial charge on any atom is -0.488 e. The van der Waals surface area contributed by atoms with Gasteiger partial charge in [-0.3, -0.25) is 14.9 Å². The monoisotopic (exact) mass is 602 g/mol. The highest BCUT2D eigenvalue weighted by atomic mass is 79.9. The van der Waals surface area contributed by atoms with Crippen LogP contribution in [0.4, 0.5) is 5.69 Å². The van der Waals surface area contributed by atoms with Crippen LogP contribution in [0, 0.1) is 10.1 Å². The molecule has 190 valence electrons. The van der Waals surface area contributed by atoms with Crippen molar-refractivity contribution in [3.63, 3.8) is 0 Å². The lowest BCUT2D eigenvalue weighted by Gasteiger charge is -2.14. The molecule has 0 fully saturated rings. The second-order valence-corrected chi connectivity index (χ2v) is 10.1. The van der Waals surface area contributed by atoms with E-state index >= 15 is 0 Å². The lowest BCUT2D eigenvalue weighted by Crippen LogP contribution is -2.23. The molecule has 0 saturated carbocycles. The molecule has 0 aliphatic carbocycles. The molecular weight excluding hydrogens is 583 g/mol. The molecule has 0 aliphatic rings. The van der Waals surface area contributed by atoms with Crippen LogP contribution >= 0.6 is 39.1 Å². The molecule has 37 heavy (non-hydrogen) atoms. The summed E-state index contributed by atoms with van der Waals surface area (Å²) in [4.78, 5) is 29.0. The Morgan fingerprint density at radius 3 is 2.68 bits per heavy atom. The number of rotatable bonds is 8. The Kier molecular flexibility index (Phi) is 8.26. The van der Waals surface area contributed by atoms with Crippen LogP contribution in [0.25, 0.3) is 10.9 Å². The fourth-order valence-corrected chi connectivity index (χ4v) is 4.40. The molecule has 0 unspecified atom stereocenters. The van der Waals surface area contributed by atoms with Crippen molar-refractivity contribution in [2.24, 2.45) is 5.10 Å². The van der Waals surface area contributed by atoms with E-state index in [1.54, 1.807) is 30.3 Å². The second-order valence-electron chi connectivity index (χ2n) is 8.31. The van der Waals surface area contributed by atoms with Gasteiger partial charge in [0.05, 0.1) is 22.0 Å². The maximum atomic E-state index is 13.4. The quantitative estimate of drug-likeness (QED) is 0.119. The third kappa shape index (κ3) is 6.01. The van der Waals surface area contributed by atoms with Crippen molar-refractivity contribution in [2.75, 3.05) is 0 Å². The van der Waals surface area contributed by atoms with Gasteiger partial charge < -0.3 is 4.74 Å². The number of non-ortho nitro benzene ring substituents is 1. The van der Waals surface area contributed by atoms with Gasteiger partial charge in [-0.1, -0.05) is 59.0 Å². The third-order valence-corrected chi connectivity index (χ3v) is 6.88. The molecule has 3 aromatic carbocycles. The van der Waals surface area contributed by atoms with Crippen LogP contribution in [0.5, 0.6) is 5.75 Å². The van der Waals surface area contributed by atoms with Crippen LogP contribution in [-0.2, 0) is 6.61 Å². The minimum atomic E-state index is -0.511. The Labute approximate surface area is 230 Å². The molecule has 0 aliphatic heterocycles. The SMILES string of the molecule is CC[C@@H](C)c1nc2ccc(Br)cc2c(=O)n1N=Cc1cc([N+](=O)[O-])ccc1OCc1ccc(Cl)cc1Cl. The van der Waals surface area contributed by atoms with Crippen LogP contribution in [-0.4, -0.2) is 20.8 Å². The van der Waals surface area contributed by atoms with Gasteiger partial charge in [0.2, 0.25) is 0 Å². The lowest BCUT2D eigenvalue weighted by molar-refractivity contribution is -0.384. The summed E-state index contributed by atoms with van der Waals surface area (Å²) in [6.07, 6.45) is 2.10. The summed E-state index contributed by atoms with van der Waals surface area (Å²) in [6, 6.07) is 14.5. The zero-order chi connectivity index (χ0) is 26.7. The van der Waals surface area contributed by atoms with Crippen molar-refractivity contribution in [1.82, 2.24) is 9.66 Å². The van der Waals surface area contributed by atoms with E-state index < -0.39 is 4.92 Å². The molecule has 1 atom stereocenters. The Morgan fingerprint density at radius 2 is 1.97 bits per heavy atom. The lowest BCUT2D eigenvalue weighted by atomic mass is 10.1. The highest BCUT2D eigenvalue weighted by Gasteiger charge is 2.17. The standard InChI is InChI=1S/C26H21BrCl2N4O4/c1-3-15(2)25-31-23-8-5-18(27)11-21(23)26(34)32(25)30-13-17-10-20(33(35)36)7-9-24(17)37-14-16-4-6-19(28)12-22(16)29/h4-13,15H,3,14H2,1-2H3/t15-/m1/s1. The number of benzene rings is 3. The Balaban J connectivity index is 1.78. The molecule has 0 saturated heterocycles. The molecule has 0 N–H and O–H groups in total. The van der Waals surface area contributed by atoms with Gasteiger partial charge in [-0.25, -0.2) is 4.98 Å². The summed E-state index contributed by atoms with van der Waals surface area (Å²) in [5.41, 5.74) is 1.07. The summed E-state index contributed by atoms with van der Waals surface area (Å²) in [6.45, 7) is 4.04. The van der Waals surface area contributed by atoms with Gasteiger partial charge in [0.1, 0.15) is 18.2 Å². The fraction of sp³-hybridized carbons (Fsp3) is 0.192. The van der Waals surface area contributed by atoms with E-state index in [0.717, 1.165) is 10.9 Å². The van der Waals surface area contributed by atoms with Gasteiger partial charge in [-0.15, -0.1) is 0 Å². The van der Waals surface area contributed by atoms with Gasteiger partial charge in [-0.05, 0) is 42.8 Å². The van der Waals surface area contributed by atoms with Crippen molar-refractivity contribution in [3.05, 3.63) is 107 Å². The Hall–Kier alpha value is -3.27. The first-order valence-corrected chi connectivity index (χ1v) is 12.8. The van der Waals surface area contributed by atoms with Crippen LogP contribution < -0.4 is 10.3 Å². The summed E-state index contributed by atoms with van der Waals surface area (Å²) in [7, 11) is 0. The van der Waals surface area contributed by atoms with E-state index in [1.807, 2.05) is 19.9 Å². The van der Waals surface area contributed by atoms with E-state index in [-0.39, 0.29) is 23.8 Å². The highest BCUT2D eigenvalue weighted by Crippen LogP contribution is 2.27.